The molecule has 0 spiro atoms. The van der Waals surface area contributed by atoms with Crippen molar-refractivity contribution in [1.29, 1.82) is 0 Å². The summed E-state index contributed by atoms with van der Waals surface area (Å²) in [4.78, 5) is 1.09. The van der Waals surface area contributed by atoms with E-state index in [1.54, 1.807) is 23.1 Å². The maximum Gasteiger partial charge on any atom is 0.191 e. The van der Waals surface area contributed by atoms with Crippen LogP contribution in [0.2, 0.25) is 0 Å². The maximum atomic E-state index is 5.42. The first-order valence-electron chi connectivity index (χ1n) is 7.80. The van der Waals surface area contributed by atoms with E-state index >= 15 is 0 Å². The molecule has 0 aliphatic heterocycles. The van der Waals surface area contributed by atoms with E-state index in [4.69, 9.17) is 4.52 Å². The predicted octanol–water partition coefficient (Wildman–Crippen LogP) is 4.80. The number of rotatable bonds is 5. The highest BCUT2D eigenvalue weighted by atomic mass is 32.2. The lowest BCUT2D eigenvalue weighted by Gasteiger charge is -2.05. The molecule has 1 aromatic carbocycles. The van der Waals surface area contributed by atoms with E-state index in [2.05, 4.69) is 34.4 Å². The van der Waals surface area contributed by atoms with Gasteiger partial charge in [-0.3, -0.25) is 0 Å². The van der Waals surface area contributed by atoms with Gasteiger partial charge in [0.15, 0.2) is 16.7 Å². The normalized spacial score (nSPS) is 11.1. The molecule has 3 aromatic heterocycles. The number of thioether (sulfide) groups is 1. The van der Waals surface area contributed by atoms with Gasteiger partial charge in [0, 0.05) is 24.4 Å². The molecule has 7 heteroatoms. The fourth-order valence-corrected chi connectivity index (χ4v) is 4.02. The van der Waals surface area contributed by atoms with Crippen LogP contribution in [-0.4, -0.2) is 19.9 Å². The summed E-state index contributed by atoms with van der Waals surface area (Å²) in [7, 11) is 1.99. The molecule has 0 N–H and O–H groups in total. The molecule has 0 aliphatic carbocycles. The van der Waals surface area contributed by atoms with Crippen LogP contribution in [0.3, 0.4) is 0 Å². The zero-order valence-corrected chi connectivity index (χ0v) is 15.5. The van der Waals surface area contributed by atoms with E-state index < -0.39 is 0 Å². The highest BCUT2D eigenvalue weighted by Crippen LogP contribution is 2.29. The molecule has 5 nitrogen and oxygen atoms in total. The van der Waals surface area contributed by atoms with Gasteiger partial charge in [-0.1, -0.05) is 47.3 Å². The minimum Gasteiger partial charge on any atom is -0.355 e. The summed E-state index contributed by atoms with van der Waals surface area (Å²) in [5, 5.41) is 15.7. The minimum absolute atomic E-state index is 0.689. The molecule has 0 saturated carbocycles. The van der Waals surface area contributed by atoms with Crippen molar-refractivity contribution in [3.05, 3.63) is 59.1 Å². The maximum absolute atomic E-state index is 5.42. The van der Waals surface area contributed by atoms with Gasteiger partial charge < -0.3 is 9.09 Å². The van der Waals surface area contributed by atoms with Gasteiger partial charge in [-0.15, -0.1) is 21.5 Å². The Hall–Kier alpha value is -2.38. The summed E-state index contributed by atoms with van der Waals surface area (Å²) in [6, 6.07) is 14.2. The van der Waals surface area contributed by atoms with Crippen molar-refractivity contribution in [1.82, 2.24) is 19.9 Å². The van der Waals surface area contributed by atoms with Gasteiger partial charge in [0.05, 0.1) is 10.6 Å². The molecule has 0 atom stereocenters. The average Bonchev–Trinajstić information content (AvgIpc) is 3.35. The van der Waals surface area contributed by atoms with Crippen molar-refractivity contribution < 1.29 is 4.52 Å². The number of benzene rings is 1. The molecule has 0 fully saturated rings. The molecular weight excluding hydrogens is 352 g/mol. The van der Waals surface area contributed by atoms with Crippen LogP contribution in [0, 0.1) is 6.92 Å². The number of aryl methyl sites for hydroxylation is 1. The number of aromatic nitrogens is 4. The summed E-state index contributed by atoms with van der Waals surface area (Å²) in [6.07, 6.45) is 0. The Labute approximate surface area is 153 Å². The lowest BCUT2D eigenvalue weighted by atomic mass is 10.1. The zero-order chi connectivity index (χ0) is 17.2. The highest BCUT2D eigenvalue weighted by molar-refractivity contribution is 7.98. The van der Waals surface area contributed by atoms with Gasteiger partial charge in [0.25, 0.3) is 0 Å². The van der Waals surface area contributed by atoms with Crippen molar-refractivity contribution in [2.24, 2.45) is 7.05 Å². The quantitative estimate of drug-likeness (QED) is 0.474. The second kappa shape index (κ2) is 6.85. The predicted molar refractivity (Wildman–Crippen MR) is 101 cm³/mol. The first-order valence-corrected chi connectivity index (χ1v) is 9.66. The molecule has 0 bridgehead atoms. The first kappa shape index (κ1) is 16.1. The van der Waals surface area contributed by atoms with Crippen LogP contribution in [-0.2, 0) is 12.8 Å². The third kappa shape index (κ3) is 3.25. The third-order valence-corrected chi connectivity index (χ3v) is 5.83. The Morgan fingerprint density at radius 3 is 2.84 bits per heavy atom. The monoisotopic (exact) mass is 368 g/mol. The van der Waals surface area contributed by atoms with Crippen molar-refractivity contribution >= 4 is 23.1 Å². The number of thiophene rings is 1. The molecule has 0 saturated heterocycles. The largest absolute Gasteiger partial charge is 0.355 e. The summed E-state index contributed by atoms with van der Waals surface area (Å²) in [6.45, 7) is 2.08. The van der Waals surface area contributed by atoms with Crippen molar-refractivity contribution in [3.8, 4) is 22.0 Å². The van der Waals surface area contributed by atoms with E-state index in [1.165, 1.54) is 5.56 Å². The molecule has 0 radical (unpaired) electrons. The fourth-order valence-electron chi connectivity index (χ4n) is 2.55. The molecule has 3 heterocycles. The van der Waals surface area contributed by atoms with Crippen LogP contribution < -0.4 is 0 Å². The van der Waals surface area contributed by atoms with Crippen LogP contribution in [0.5, 0.6) is 0 Å². The first-order chi connectivity index (χ1) is 12.2. The molecular formula is C18H16N4OS2. The SMILES string of the molecule is Cc1ccccc1-c1nnc(SCc2cc(-c3cccs3)on2)n1C. The van der Waals surface area contributed by atoms with Gasteiger partial charge in [0.1, 0.15) is 0 Å². The van der Waals surface area contributed by atoms with Crippen LogP contribution in [0.25, 0.3) is 22.0 Å². The van der Waals surface area contributed by atoms with Crippen molar-refractivity contribution in [2.75, 3.05) is 0 Å². The summed E-state index contributed by atoms with van der Waals surface area (Å²) < 4.78 is 7.44. The third-order valence-electron chi connectivity index (χ3n) is 3.89. The van der Waals surface area contributed by atoms with Crippen LogP contribution in [0.4, 0.5) is 0 Å². The standard InChI is InChI=1S/C18H16N4OS2/c1-12-6-3-4-7-14(12)17-19-20-18(22(17)2)25-11-13-10-15(23-21-13)16-8-5-9-24-16/h3-10H,11H2,1-2H3. The Morgan fingerprint density at radius 2 is 2.04 bits per heavy atom. The molecule has 4 aromatic rings. The zero-order valence-electron chi connectivity index (χ0n) is 13.8. The number of nitrogens with zero attached hydrogens (tertiary/aromatic N) is 4. The number of hydrogen-bond acceptors (Lipinski definition) is 6. The van der Waals surface area contributed by atoms with Gasteiger partial charge in [-0.05, 0) is 23.9 Å². The van der Waals surface area contributed by atoms with E-state index in [1.807, 2.05) is 47.3 Å². The van der Waals surface area contributed by atoms with E-state index in [0.29, 0.717) is 5.75 Å². The molecule has 0 unspecified atom stereocenters. The van der Waals surface area contributed by atoms with Crippen LogP contribution >= 0.6 is 23.1 Å². The smallest absolute Gasteiger partial charge is 0.191 e. The van der Waals surface area contributed by atoms with Gasteiger partial charge in [-0.25, -0.2) is 0 Å². The Balaban J connectivity index is 1.50. The second-order valence-corrected chi connectivity index (χ2v) is 7.52. The van der Waals surface area contributed by atoms with Crippen LogP contribution in [0.1, 0.15) is 11.3 Å². The van der Waals surface area contributed by atoms with Crippen LogP contribution in [0.15, 0.2) is 57.5 Å². The Bertz CT molecular complexity index is 988. The molecule has 25 heavy (non-hydrogen) atoms. The van der Waals surface area contributed by atoms with Crippen molar-refractivity contribution in [2.45, 2.75) is 17.8 Å². The summed E-state index contributed by atoms with van der Waals surface area (Å²) >= 11 is 3.24. The van der Waals surface area contributed by atoms with Gasteiger partial charge >= 0.3 is 0 Å². The summed E-state index contributed by atoms with van der Waals surface area (Å²) in [5.41, 5.74) is 3.19. The summed E-state index contributed by atoms with van der Waals surface area (Å²) in [5.74, 6) is 2.37. The van der Waals surface area contributed by atoms with E-state index in [9.17, 15) is 0 Å². The number of hydrogen-bond donors (Lipinski definition) is 0. The molecule has 0 aliphatic rings. The Morgan fingerprint density at radius 1 is 1.16 bits per heavy atom. The Kier molecular flexibility index (Phi) is 4.42. The fraction of sp³-hybridized carbons (Fsp3) is 0.167. The van der Waals surface area contributed by atoms with Crippen molar-refractivity contribution in [3.63, 3.8) is 0 Å². The average molecular weight is 368 g/mol. The second-order valence-electron chi connectivity index (χ2n) is 5.63. The molecule has 4 rings (SSSR count). The topological polar surface area (TPSA) is 56.7 Å². The lowest BCUT2D eigenvalue weighted by Crippen LogP contribution is -1.96. The molecule has 0 amide bonds. The van der Waals surface area contributed by atoms with E-state index in [0.717, 1.165) is 32.9 Å². The molecule has 126 valence electrons. The van der Waals surface area contributed by atoms with Gasteiger partial charge in [0.2, 0.25) is 0 Å². The lowest BCUT2D eigenvalue weighted by molar-refractivity contribution is 0.427. The highest BCUT2D eigenvalue weighted by Gasteiger charge is 2.14. The van der Waals surface area contributed by atoms with E-state index in [-0.39, 0.29) is 0 Å². The minimum atomic E-state index is 0.689. The van der Waals surface area contributed by atoms with Gasteiger partial charge in [-0.2, -0.15) is 0 Å².